The summed E-state index contributed by atoms with van der Waals surface area (Å²) >= 11 is 1.78. The Morgan fingerprint density at radius 2 is 0.737 bits per heavy atom. The molecule has 57 heavy (non-hydrogen) atoms. The summed E-state index contributed by atoms with van der Waals surface area (Å²) < 4.78 is 2.41. The molecule has 3 aromatic heterocycles. The second-order valence-electron chi connectivity index (χ2n) is 14.3. The lowest BCUT2D eigenvalue weighted by Gasteiger charge is -2.12. The van der Waals surface area contributed by atoms with E-state index in [1.54, 1.807) is 11.3 Å². The van der Waals surface area contributed by atoms with Crippen molar-refractivity contribution < 1.29 is 0 Å². The molecule has 3 heterocycles. The van der Waals surface area contributed by atoms with Gasteiger partial charge < -0.3 is 0 Å². The molecule has 0 atom stereocenters. The van der Waals surface area contributed by atoms with Crippen molar-refractivity contribution in [1.29, 1.82) is 0 Å². The minimum atomic E-state index is 0.870. The fourth-order valence-corrected chi connectivity index (χ4v) is 8.96. The molecule has 0 N–H and O–H groups in total. The van der Waals surface area contributed by atoms with Crippen LogP contribution in [0.3, 0.4) is 0 Å². The van der Waals surface area contributed by atoms with Gasteiger partial charge in [-0.15, -0.1) is 21.5 Å². The van der Waals surface area contributed by atoms with Gasteiger partial charge in [0.15, 0.2) is 0 Å². The highest BCUT2D eigenvalue weighted by atomic mass is 32.1. The number of aromatic nitrogens is 4. The van der Waals surface area contributed by atoms with Crippen molar-refractivity contribution in [3.05, 3.63) is 194 Å². The average molecular weight is 745 g/mol. The third-order valence-corrected chi connectivity index (χ3v) is 12.0. The van der Waals surface area contributed by atoms with E-state index in [1.165, 1.54) is 42.8 Å². The molecule has 266 valence electrons. The van der Waals surface area contributed by atoms with Gasteiger partial charge in [0.05, 0.1) is 32.6 Å². The van der Waals surface area contributed by atoms with E-state index in [2.05, 4.69) is 162 Å². The summed E-state index contributed by atoms with van der Waals surface area (Å²) in [6.07, 6.45) is 0. The Morgan fingerprint density at radius 1 is 0.298 bits per heavy atom. The lowest BCUT2D eigenvalue weighted by atomic mass is 9.95. The first kappa shape index (κ1) is 33.0. The number of nitrogens with zero attached hydrogens (tertiary/aromatic N) is 4. The summed E-state index contributed by atoms with van der Waals surface area (Å²) in [6.45, 7) is 0. The van der Waals surface area contributed by atoms with Crippen LogP contribution < -0.4 is 0 Å². The molecule has 8 aromatic carbocycles. The fraction of sp³-hybridized carbons (Fsp3) is 0. The minimum Gasteiger partial charge on any atom is -0.244 e. The summed E-state index contributed by atoms with van der Waals surface area (Å²) in [5.74, 6) is 0. The maximum Gasteiger partial charge on any atom is 0.112 e. The van der Waals surface area contributed by atoms with Gasteiger partial charge in [0.25, 0.3) is 0 Å². The molecule has 0 fully saturated rings. The lowest BCUT2D eigenvalue weighted by molar-refractivity contribution is 1.13. The zero-order valence-corrected chi connectivity index (χ0v) is 31.5. The Bertz CT molecular complexity index is 3260. The molecule has 0 saturated carbocycles. The molecule has 0 spiro atoms. The van der Waals surface area contributed by atoms with E-state index in [1.807, 2.05) is 42.5 Å². The molecule has 11 aromatic rings. The van der Waals surface area contributed by atoms with Crippen LogP contribution in [0.1, 0.15) is 0 Å². The highest BCUT2D eigenvalue weighted by Gasteiger charge is 2.15. The van der Waals surface area contributed by atoms with Crippen molar-refractivity contribution in [3.63, 3.8) is 0 Å². The highest BCUT2D eigenvalue weighted by molar-refractivity contribution is 7.26. The Morgan fingerprint density at radius 3 is 1.33 bits per heavy atom. The zero-order valence-electron chi connectivity index (χ0n) is 30.7. The number of hydrogen-bond donors (Lipinski definition) is 0. The van der Waals surface area contributed by atoms with Crippen LogP contribution in [0.5, 0.6) is 0 Å². The number of rotatable bonds is 6. The van der Waals surface area contributed by atoms with Crippen molar-refractivity contribution >= 4 is 53.6 Å². The largest absolute Gasteiger partial charge is 0.244 e. The van der Waals surface area contributed by atoms with Gasteiger partial charge >= 0.3 is 0 Å². The van der Waals surface area contributed by atoms with Gasteiger partial charge in [0.1, 0.15) is 5.52 Å². The van der Waals surface area contributed by atoms with Crippen LogP contribution >= 0.6 is 11.3 Å². The smallest absolute Gasteiger partial charge is 0.112 e. The van der Waals surface area contributed by atoms with E-state index >= 15 is 0 Å². The topological polar surface area (TPSA) is 51.6 Å². The number of para-hydroxylation sites is 2. The predicted molar refractivity (Wildman–Crippen MR) is 238 cm³/mol. The van der Waals surface area contributed by atoms with Crippen molar-refractivity contribution in [2.75, 3.05) is 0 Å². The maximum atomic E-state index is 5.16. The summed E-state index contributed by atoms with van der Waals surface area (Å²) in [7, 11) is 0. The van der Waals surface area contributed by atoms with E-state index in [0.717, 1.165) is 66.5 Å². The summed E-state index contributed by atoms with van der Waals surface area (Å²) in [6, 6.07) is 68.4. The normalized spacial score (nSPS) is 11.5. The van der Waals surface area contributed by atoms with Gasteiger partial charge in [-0.1, -0.05) is 158 Å². The first-order valence-corrected chi connectivity index (χ1v) is 19.9. The Balaban J connectivity index is 0.883. The van der Waals surface area contributed by atoms with E-state index in [0.29, 0.717) is 0 Å². The molecular weight excluding hydrogens is 713 g/mol. The van der Waals surface area contributed by atoms with Crippen LogP contribution in [-0.4, -0.2) is 20.2 Å². The molecule has 0 amide bonds. The molecule has 0 unspecified atom stereocenters. The standard InChI is InChI=1S/C52H32N4S/c1-2-9-33(10-3-1)34-21-25-38(26-22-34)49-50(54-47-16-7-6-15-46(47)53-49)39-27-23-36(24-28-39)41-12-8-11-40(31-41)35-17-19-37(20-18-35)42-29-30-48-44(32-42)51-52(57-48)43-13-4-5-14-45(43)55-56-51/h1-32H. The SMILES string of the molecule is c1ccc(-c2ccc(-c3nc4ccccc4nc3-c3ccc(-c4cccc(-c5ccc(-c6ccc7sc8c9ccccc9nnc8c7c6)cc5)c4)cc3)cc2)cc1. The van der Waals surface area contributed by atoms with E-state index in [-0.39, 0.29) is 0 Å². The Hall–Kier alpha value is -7.34. The van der Waals surface area contributed by atoms with Crippen molar-refractivity contribution in [2.45, 2.75) is 0 Å². The monoisotopic (exact) mass is 744 g/mol. The number of benzene rings is 8. The van der Waals surface area contributed by atoms with Crippen LogP contribution in [0.25, 0.3) is 109 Å². The first-order valence-electron chi connectivity index (χ1n) is 19.0. The molecule has 5 heteroatoms. The zero-order chi connectivity index (χ0) is 37.7. The van der Waals surface area contributed by atoms with Gasteiger partial charge in [-0.2, -0.15) is 0 Å². The van der Waals surface area contributed by atoms with E-state index in [4.69, 9.17) is 9.97 Å². The van der Waals surface area contributed by atoms with Crippen molar-refractivity contribution in [3.8, 4) is 67.0 Å². The van der Waals surface area contributed by atoms with E-state index in [9.17, 15) is 0 Å². The third-order valence-electron chi connectivity index (χ3n) is 10.8. The summed E-state index contributed by atoms with van der Waals surface area (Å²) in [5.41, 5.74) is 16.8. The molecule has 0 aliphatic carbocycles. The van der Waals surface area contributed by atoms with Crippen LogP contribution in [0.4, 0.5) is 0 Å². The van der Waals surface area contributed by atoms with E-state index < -0.39 is 0 Å². The van der Waals surface area contributed by atoms with Crippen molar-refractivity contribution in [1.82, 2.24) is 20.2 Å². The summed E-state index contributed by atoms with van der Waals surface area (Å²) in [5, 5.41) is 11.4. The molecule has 4 nitrogen and oxygen atoms in total. The van der Waals surface area contributed by atoms with Crippen LogP contribution in [-0.2, 0) is 0 Å². The molecular formula is C52H32N4S. The van der Waals surface area contributed by atoms with Crippen LogP contribution in [0.15, 0.2) is 194 Å². The molecule has 11 rings (SSSR count). The fourth-order valence-electron chi connectivity index (χ4n) is 7.81. The van der Waals surface area contributed by atoms with Crippen LogP contribution in [0, 0.1) is 0 Å². The second-order valence-corrected chi connectivity index (χ2v) is 15.3. The number of hydrogen-bond acceptors (Lipinski definition) is 5. The Kier molecular flexibility index (Phi) is 7.97. The van der Waals surface area contributed by atoms with Crippen LogP contribution in [0.2, 0.25) is 0 Å². The van der Waals surface area contributed by atoms with Gasteiger partial charge in [0.2, 0.25) is 0 Å². The molecule has 0 aliphatic heterocycles. The minimum absolute atomic E-state index is 0.870. The first-order chi connectivity index (χ1) is 28.2. The van der Waals surface area contributed by atoms with Gasteiger partial charge in [-0.05, 0) is 80.9 Å². The summed E-state index contributed by atoms with van der Waals surface area (Å²) in [4.78, 5) is 10.3. The molecule has 0 bridgehead atoms. The van der Waals surface area contributed by atoms with Gasteiger partial charge in [-0.25, -0.2) is 9.97 Å². The predicted octanol–water partition coefficient (Wildman–Crippen LogP) is 13.9. The van der Waals surface area contributed by atoms with Gasteiger partial charge in [0, 0.05) is 26.6 Å². The van der Waals surface area contributed by atoms with Gasteiger partial charge in [-0.3, -0.25) is 0 Å². The quantitative estimate of drug-likeness (QED) is 0.170. The Labute approximate surface area is 333 Å². The average Bonchev–Trinajstić information content (AvgIpc) is 3.68. The third kappa shape index (κ3) is 6.02. The highest BCUT2D eigenvalue weighted by Crippen LogP contribution is 2.39. The molecule has 0 aliphatic rings. The number of fused-ring (bicyclic) bond motifs is 6. The second kappa shape index (κ2) is 13.7. The molecule has 0 saturated heterocycles. The lowest BCUT2D eigenvalue weighted by Crippen LogP contribution is -1.95. The van der Waals surface area contributed by atoms with Crippen molar-refractivity contribution in [2.24, 2.45) is 0 Å². The molecule has 0 radical (unpaired) electrons. The number of thiophene rings is 1. The maximum absolute atomic E-state index is 5.16.